The highest BCUT2D eigenvalue weighted by Gasteiger charge is 2.59. The monoisotopic (exact) mass is 457 g/mol. The average Bonchev–Trinajstić information content (AvgIpc) is 3.09. The van der Waals surface area contributed by atoms with Crippen molar-refractivity contribution in [1.82, 2.24) is 19.9 Å². The number of halogens is 4. The van der Waals surface area contributed by atoms with E-state index in [1.54, 1.807) is 9.80 Å². The van der Waals surface area contributed by atoms with Crippen LogP contribution in [-0.2, 0) is 4.74 Å². The fraction of sp³-hybridized carbons (Fsp3) is 0.650. The number of fused-ring (bicyclic) bond motifs is 3. The van der Waals surface area contributed by atoms with E-state index in [2.05, 4.69) is 15.0 Å². The minimum Gasteiger partial charge on any atom is -0.461 e. The minimum absolute atomic E-state index is 0.0126. The van der Waals surface area contributed by atoms with Gasteiger partial charge in [0.25, 0.3) is 0 Å². The van der Waals surface area contributed by atoms with E-state index in [0.29, 0.717) is 25.9 Å². The third kappa shape index (κ3) is 3.06. The SMILES string of the molecule is [2H]C([2H])(Oc1nc(N2CCO[C@H]3[C@H](F)[C@H]32)c2cnc(Cl)c(F)c2n1)[C@@]12CCCN1C[C@H](F)C2. The normalized spacial score (nSPS) is 36.2. The summed E-state index contributed by atoms with van der Waals surface area (Å²) in [5.41, 5.74) is -1.37. The van der Waals surface area contributed by atoms with Crippen molar-refractivity contribution in [3.63, 3.8) is 0 Å². The highest BCUT2D eigenvalue weighted by Crippen LogP contribution is 2.43. The molecule has 0 aromatic carbocycles. The summed E-state index contributed by atoms with van der Waals surface area (Å²) >= 11 is 5.86. The van der Waals surface area contributed by atoms with Crippen molar-refractivity contribution >= 4 is 28.3 Å². The maximum atomic E-state index is 14.9. The van der Waals surface area contributed by atoms with Crippen molar-refractivity contribution < 1.29 is 25.4 Å². The molecule has 1 saturated carbocycles. The topological polar surface area (TPSA) is 63.6 Å². The Morgan fingerprint density at radius 3 is 3.10 bits per heavy atom. The second-order valence-corrected chi connectivity index (χ2v) is 8.86. The Morgan fingerprint density at radius 1 is 1.35 bits per heavy atom. The zero-order valence-corrected chi connectivity index (χ0v) is 17.2. The van der Waals surface area contributed by atoms with Crippen LogP contribution >= 0.6 is 11.6 Å². The number of rotatable bonds is 4. The number of pyridine rings is 1. The van der Waals surface area contributed by atoms with Crippen molar-refractivity contribution in [1.29, 1.82) is 0 Å². The lowest BCUT2D eigenvalue weighted by Crippen LogP contribution is -2.43. The summed E-state index contributed by atoms with van der Waals surface area (Å²) in [4.78, 5) is 15.7. The Kier molecular flexibility index (Phi) is 4.01. The zero-order valence-electron chi connectivity index (χ0n) is 18.4. The molecule has 5 atom stereocenters. The quantitative estimate of drug-likeness (QED) is 0.654. The molecule has 0 spiro atoms. The molecule has 0 N–H and O–H groups in total. The van der Waals surface area contributed by atoms with Crippen LogP contribution in [-0.4, -0.2) is 82.7 Å². The molecular formula is C20H21ClF3N5O2. The molecule has 0 radical (unpaired) electrons. The molecule has 11 heteroatoms. The fourth-order valence-corrected chi connectivity index (χ4v) is 5.26. The van der Waals surface area contributed by atoms with Crippen molar-refractivity contribution in [3.05, 3.63) is 17.2 Å². The number of aromatic nitrogens is 3. The predicted octanol–water partition coefficient (Wildman–Crippen LogP) is 2.70. The van der Waals surface area contributed by atoms with E-state index in [-0.39, 0.29) is 36.3 Å². The Labute approximate surface area is 184 Å². The molecule has 7 nitrogen and oxygen atoms in total. The van der Waals surface area contributed by atoms with Gasteiger partial charge in [-0.25, -0.2) is 18.2 Å². The summed E-state index contributed by atoms with van der Waals surface area (Å²) in [5, 5.41) is -0.206. The first-order valence-corrected chi connectivity index (χ1v) is 10.7. The van der Waals surface area contributed by atoms with Crippen LogP contribution in [0.1, 0.15) is 22.0 Å². The Hall–Kier alpha value is -1.91. The molecule has 4 fully saturated rings. The lowest BCUT2D eigenvalue weighted by molar-refractivity contribution is 0.0912. The highest BCUT2D eigenvalue weighted by molar-refractivity contribution is 6.30. The van der Waals surface area contributed by atoms with E-state index in [0.717, 1.165) is 0 Å². The van der Waals surface area contributed by atoms with Gasteiger partial charge in [0.05, 0.1) is 26.3 Å². The van der Waals surface area contributed by atoms with Gasteiger partial charge in [0.1, 0.15) is 30.2 Å². The van der Waals surface area contributed by atoms with Crippen LogP contribution in [0.2, 0.25) is 5.15 Å². The van der Waals surface area contributed by atoms with Gasteiger partial charge in [-0.2, -0.15) is 9.97 Å². The molecular weight excluding hydrogens is 435 g/mol. The van der Waals surface area contributed by atoms with Gasteiger partial charge in [-0.1, -0.05) is 11.6 Å². The van der Waals surface area contributed by atoms with Crippen LogP contribution in [0.4, 0.5) is 19.0 Å². The van der Waals surface area contributed by atoms with Gasteiger partial charge in [-0.3, -0.25) is 4.90 Å². The van der Waals surface area contributed by atoms with Gasteiger partial charge >= 0.3 is 6.01 Å². The number of anilines is 1. The average molecular weight is 458 g/mol. The Balaban J connectivity index is 1.43. The summed E-state index contributed by atoms with van der Waals surface area (Å²) in [6, 6.07) is -1.02. The molecule has 0 bridgehead atoms. The molecule has 3 saturated heterocycles. The van der Waals surface area contributed by atoms with E-state index in [1.165, 1.54) is 6.20 Å². The van der Waals surface area contributed by atoms with E-state index < -0.39 is 53.6 Å². The van der Waals surface area contributed by atoms with E-state index in [4.69, 9.17) is 23.8 Å². The number of morpholine rings is 1. The van der Waals surface area contributed by atoms with Crippen molar-refractivity contribution in [3.8, 4) is 6.01 Å². The van der Waals surface area contributed by atoms with Gasteiger partial charge in [0, 0.05) is 25.7 Å². The lowest BCUT2D eigenvalue weighted by Gasteiger charge is -2.31. The molecule has 6 rings (SSSR count). The summed E-state index contributed by atoms with van der Waals surface area (Å²) < 4.78 is 71.9. The maximum Gasteiger partial charge on any atom is 0.319 e. The summed E-state index contributed by atoms with van der Waals surface area (Å²) in [7, 11) is 0. The highest BCUT2D eigenvalue weighted by atomic mass is 35.5. The van der Waals surface area contributed by atoms with Gasteiger partial charge in [-0.05, 0) is 19.4 Å². The number of hydrogen-bond donors (Lipinski definition) is 0. The molecule has 0 amide bonds. The Bertz CT molecular complexity index is 1130. The second-order valence-electron chi connectivity index (χ2n) is 8.51. The predicted molar refractivity (Wildman–Crippen MR) is 107 cm³/mol. The van der Waals surface area contributed by atoms with Crippen LogP contribution in [0.25, 0.3) is 10.9 Å². The van der Waals surface area contributed by atoms with Crippen molar-refractivity contribution in [2.45, 2.75) is 49.3 Å². The lowest BCUT2D eigenvalue weighted by atomic mass is 9.95. The largest absolute Gasteiger partial charge is 0.461 e. The first-order chi connectivity index (χ1) is 15.7. The Morgan fingerprint density at radius 2 is 2.23 bits per heavy atom. The number of hydrogen-bond acceptors (Lipinski definition) is 7. The molecule has 31 heavy (non-hydrogen) atoms. The summed E-state index contributed by atoms with van der Waals surface area (Å²) in [5.74, 6) is -0.742. The zero-order chi connectivity index (χ0) is 23.1. The molecule has 3 aliphatic heterocycles. The molecule has 2 aromatic rings. The molecule has 5 heterocycles. The van der Waals surface area contributed by atoms with E-state index in [9.17, 15) is 13.2 Å². The summed E-state index contributed by atoms with van der Waals surface area (Å²) in [6.45, 7) is -1.09. The molecule has 166 valence electrons. The van der Waals surface area contributed by atoms with Crippen LogP contribution in [0.3, 0.4) is 0 Å². The number of alkyl halides is 2. The van der Waals surface area contributed by atoms with E-state index in [1.807, 2.05) is 0 Å². The van der Waals surface area contributed by atoms with Gasteiger partial charge in [0.15, 0.2) is 17.1 Å². The van der Waals surface area contributed by atoms with Gasteiger partial charge in [0.2, 0.25) is 0 Å². The third-order valence-corrected chi connectivity index (χ3v) is 6.91. The third-order valence-electron chi connectivity index (χ3n) is 6.64. The standard InChI is InChI=1S/C20H21ClF3N5O2/c21-17-12(23)14-11(7-25-17)18(29-4-5-30-16-13(24)15(16)29)27-19(26-14)31-9-20-2-1-3-28(20)8-10(22)6-20/h7,10,13,15-16H,1-6,8-9H2/t10-,13-,15-,16+,20+/m1/s1/i9D2. The maximum absolute atomic E-state index is 14.9. The number of nitrogens with zero attached hydrogens (tertiary/aromatic N) is 5. The minimum atomic E-state index is -2.35. The molecule has 2 aromatic heterocycles. The molecule has 0 unspecified atom stereocenters. The van der Waals surface area contributed by atoms with Crippen molar-refractivity contribution in [2.75, 3.05) is 37.7 Å². The van der Waals surface area contributed by atoms with E-state index >= 15 is 0 Å². The van der Waals surface area contributed by atoms with Crippen LogP contribution in [0.5, 0.6) is 6.01 Å². The number of ether oxygens (including phenoxy) is 2. The van der Waals surface area contributed by atoms with Crippen LogP contribution in [0, 0.1) is 5.82 Å². The summed E-state index contributed by atoms with van der Waals surface area (Å²) in [6.07, 6.45) is -0.565. The van der Waals surface area contributed by atoms with Crippen LogP contribution < -0.4 is 9.64 Å². The molecule has 4 aliphatic rings. The first kappa shape index (κ1) is 17.6. The smallest absolute Gasteiger partial charge is 0.319 e. The molecule has 1 aliphatic carbocycles. The second kappa shape index (κ2) is 7.05. The fourth-order valence-electron chi connectivity index (χ4n) is 5.12. The van der Waals surface area contributed by atoms with Gasteiger partial charge in [-0.15, -0.1) is 0 Å². The van der Waals surface area contributed by atoms with Gasteiger partial charge < -0.3 is 14.4 Å². The van der Waals surface area contributed by atoms with Crippen molar-refractivity contribution in [2.24, 2.45) is 0 Å². The first-order valence-electron chi connectivity index (χ1n) is 11.3. The van der Waals surface area contributed by atoms with Crippen LogP contribution in [0.15, 0.2) is 6.20 Å².